The monoisotopic (exact) mass is 271 g/mol. The fourth-order valence-electron chi connectivity index (χ4n) is 3.82. The van der Waals surface area contributed by atoms with Crippen molar-refractivity contribution in [3.63, 3.8) is 0 Å². The van der Waals surface area contributed by atoms with Crippen LogP contribution in [0.25, 0.3) is 0 Å². The molecule has 2 heteroatoms. The summed E-state index contributed by atoms with van der Waals surface area (Å²) in [5.74, 6) is 0.355. The van der Waals surface area contributed by atoms with Crippen molar-refractivity contribution in [2.24, 2.45) is 0 Å². The van der Waals surface area contributed by atoms with Crippen molar-refractivity contribution in [1.29, 1.82) is 0 Å². The van der Waals surface area contributed by atoms with Crippen molar-refractivity contribution in [2.75, 3.05) is 0 Å². The van der Waals surface area contributed by atoms with Crippen LogP contribution in [-0.2, 0) is 24.2 Å². The van der Waals surface area contributed by atoms with Crippen LogP contribution < -0.4 is 0 Å². The van der Waals surface area contributed by atoms with Crippen molar-refractivity contribution in [1.82, 2.24) is 4.90 Å². The fraction of sp³-hybridized carbons (Fsp3) is 0.611. The summed E-state index contributed by atoms with van der Waals surface area (Å²) >= 11 is 0. The van der Waals surface area contributed by atoms with E-state index < -0.39 is 0 Å². The highest BCUT2D eigenvalue weighted by Gasteiger charge is 2.30. The maximum atomic E-state index is 12.5. The number of aryl methyl sites for hydroxylation is 1. The van der Waals surface area contributed by atoms with E-state index in [9.17, 15) is 4.79 Å². The van der Waals surface area contributed by atoms with Gasteiger partial charge in [-0.1, -0.05) is 50.8 Å². The zero-order chi connectivity index (χ0) is 13.9. The van der Waals surface area contributed by atoms with E-state index in [0.717, 1.165) is 19.4 Å². The summed E-state index contributed by atoms with van der Waals surface area (Å²) in [4.78, 5) is 14.7. The number of hydrogen-bond donors (Lipinski definition) is 0. The molecule has 1 amide bonds. The van der Waals surface area contributed by atoms with Crippen LogP contribution in [0, 0.1) is 0 Å². The zero-order valence-electron chi connectivity index (χ0n) is 12.5. The summed E-state index contributed by atoms with van der Waals surface area (Å²) in [5.41, 5.74) is 4.11. The molecule has 1 aromatic carbocycles. The Labute approximate surface area is 122 Å². The molecular formula is C18H25NO. The number of benzene rings is 1. The minimum absolute atomic E-state index is 0.355. The van der Waals surface area contributed by atoms with Crippen molar-refractivity contribution < 1.29 is 4.79 Å². The lowest BCUT2D eigenvalue weighted by atomic mass is 9.88. The minimum atomic E-state index is 0.355. The number of amides is 1. The van der Waals surface area contributed by atoms with Crippen molar-refractivity contribution in [2.45, 2.75) is 70.9 Å². The van der Waals surface area contributed by atoms with Gasteiger partial charge >= 0.3 is 0 Å². The molecule has 1 aromatic rings. The van der Waals surface area contributed by atoms with Gasteiger partial charge in [-0.25, -0.2) is 0 Å². The molecule has 0 saturated heterocycles. The third kappa shape index (κ3) is 2.61. The van der Waals surface area contributed by atoms with Gasteiger partial charge in [-0.15, -0.1) is 0 Å². The topological polar surface area (TPSA) is 20.3 Å². The number of carbonyl (C=O) groups excluding carboxylic acids is 1. The third-order valence-corrected chi connectivity index (χ3v) is 4.89. The molecule has 1 fully saturated rings. The van der Waals surface area contributed by atoms with E-state index >= 15 is 0 Å². The second-order valence-corrected chi connectivity index (χ2v) is 6.30. The molecule has 1 heterocycles. The Hall–Kier alpha value is -1.31. The van der Waals surface area contributed by atoms with E-state index in [0.29, 0.717) is 18.4 Å². The van der Waals surface area contributed by atoms with Crippen LogP contribution in [0.3, 0.4) is 0 Å². The van der Waals surface area contributed by atoms with E-state index in [2.05, 4.69) is 30.0 Å². The Balaban J connectivity index is 1.83. The van der Waals surface area contributed by atoms with E-state index in [1.165, 1.54) is 48.8 Å². The van der Waals surface area contributed by atoms with E-state index in [1.807, 2.05) is 0 Å². The highest BCUT2D eigenvalue weighted by Crippen LogP contribution is 2.30. The van der Waals surface area contributed by atoms with Gasteiger partial charge in [-0.2, -0.15) is 0 Å². The Morgan fingerprint density at radius 3 is 2.75 bits per heavy atom. The standard InChI is InChI=1S/C18H25NO/c1-2-7-14-8-6-9-15-13-19(18(20)12-17(14)15)16-10-4-3-5-11-16/h6,8-9,16H,2-5,7,10-13H2,1H3. The molecule has 20 heavy (non-hydrogen) atoms. The molecule has 0 radical (unpaired) electrons. The summed E-state index contributed by atoms with van der Waals surface area (Å²) < 4.78 is 0. The van der Waals surface area contributed by atoms with Gasteiger partial charge in [0.2, 0.25) is 5.91 Å². The number of carbonyl (C=O) groups is 1. The molecule has 1 saturated carbocycles. The molecule has 0 spiro atoms. The second-order valence-electron chi connectivity index (χ2n) is 6.30. The van der Waals surface area contributed by atoms with Gasteiger partial charge in [0.1, 0.15) is 0 Å². The highest BCUT2D eigenvalue weighted by atomic mass is 16.2. The summed E-state index contributed by atoms with van der Waals surface area (Å²) in [6, 6.07) is 7.08. The van der Waals surface area contributed by atoms with E-state index in [4.69, 9.17) is 0 Å². The van der Waals surface area contributed by atoms with Crippen molar-refractivity contribution in [3.8, 4) is 0 Å². The van der Waals surface area contributed by atoms with Gasteiger partial charge in [0, 0.05) is 12.6 Å². The quantitative estimate of drug-likeness (QED) is 0.817. The molecule has 0 bridgehead atoms. The van der Waals surface area contributed by atoms with Gasteiger partial charge in [-0.05, 0) is 36.0 Å². The maximum Gasteiger partial charge on any atom is 0.227 e. The van der Waals surface area contributed by atoms with Crippen molar-refractivity contribution in [3.05, 3.63) is 34.9 Å². The smallest absolute Gasteiger partial charge is 0.227 e. The third-order valence-electron chi connectivity index (χ3n) is 4.89. The lowest BCUT2D eigenvalue weighted by Gasteiger charge is -2.38. The number of hydrogen-bond acceptors (Lipinski definition) is 1. The number of nitrogens with zero attached hydrogens (tertiary/aromatic N) is 1. The van der Waals surface area contributed by atoms with Gasteiger partial charge in [0.25, 0.3) is 0 Å². The molecule has 108 valence electrons. The largest absolute Gasteiger partial charge is 0.335 e. The van der Waals surface area contributed by atoms with Gasteiger partial charge in [0.05, 0.1) is 6.42 Å². The van der Waals surface area contributed by atoms with Crippen LogP contribution in [0.2, 0.25) is 0 Å². The molecule has 1 aliphatic heterocycles. The van der Waals surface area contributed by atoms with E-state index in [1.54, 1.807) is 0 Å². The summed E-state index contributed by atoms with van der Waals surface area (Å²) in [6.07, 6.45) is 9.20. The van der Waals surface area contributed by atoms with Crippen LogP contribution in [0.4, 0.5) is 0 Å². The first-order valence-corrected chi connectivity index (χ1v) is 8.18. The zero-order valence-corrected chi connectivity index (χ0v) is 12.5. The van der Waals surface area contributed by atoms with Gasteiger partial charge in [-0.3, -0.25) is 4.79 Å². The number of fused-ring (bicyclic) bond motifs is 1. The SMILES string of the molecule is CCCc1cccc2c1CC(=O)N(C1CCCCC1)C2. The normalized spacial score (nSPS) is 20.1. The van der Waals surface area contributed by atoms with Crippen LogP contribution in [0.1, 0.15) is 62.1 Å². The second kappa shape index (κ2) is 5.99. The van der Waals surface area contributed by atoms with Crippen LogP contribution in [-0.4, -0.2) is 16.8 Å². The molecule has 0 N–H and O–H groups in total. The van der Waals surface area contributed by atoms with Crippen LogP contribution >= 0.6 is 0 Å². The molecule has 2 nitrogen and oxygen atoms in total. The molecule has 0 atom stereocenters. The Morgan fingerprint density at radius 1 is 1.20 bits per heavy atom. The van der Waals surface area contributed by atoms with Gasteiger partial charge < -0.3 is 4.90 Å². The van der Waals surface area contributed by atoms with E-state index in [-0.39, 0.29) is 0 Å². The average Bonchev–Trinajstić information content (AvgIpc) is 2.48. The lowest BCUT2D eigenvalue weighted by molar-refractivity contribution is -0.135. The Kier molecular flexibility index (Phi) is 4.09. The summed E-state index contributed by atoms with van der Waals surface area (Å²) in [5, 5.41) is 0. The van der Waals surface area contributed by atoms with Crippen LogP contribution in [0.15, 0.2) is 18.2 Å². The van der Waals surface area contributed by atoms with Gasteiger partial charge in [0.15, 0.2) is 0 Å². The molecule has 0 aromatic heterocycles. The molecule has 3 rings (SSSR count). The first kappa shape index (κ1) is 13.7. The predicted octanol–water partition coefficient (Wildman–Crippen LogP) is 3.86. The summed E-state index contributed by atoms with van der Waals surface area (Å²) in [6.45, 7) is 3.05. The maximum absolute atomic E-state index is 12.5. The lowest BCUT2D eigenvalue weighted by Crippen LogP contribution is -2.44. The van der Waals surface area contributed by atoms with Crippen LogP contribution in [0.5, 0.6) is 0 Å². The molecular weight excluding hydrogens is 246 g/mol. The minimum Gasteiger partial charge on any atom is -0.335 e. The molecule has 0 unspecified atom stereocenters. The predicted molar refractivity (Wildman–Crippen MR) is 81.6 cm³/mol. The molecule has 1 aliphatic carbocycles. The summed E-state index contributed by atoms with van der Waals surface area (Å²) in [7, 11) is 0. The Bertz CT molecular complexity index is 488. The fourth-order valence-corrected chi connectivity index (χ4v) is 3.82. The average molecular weight is 271 g/mol. The first-order valence-electron chi connectivity index (χ1n) is 8.18. The Morgan fingerprint density at radius 2 is 2.00 bits per heavy atom. The molecule has 2 aliphatic rings. The first-order chi connectivity index (χ1) is 9.79. The number of rotatable bonds is 3. The van der Waals surface area contributed by atoms with Crippen molar-refractivity contribution >= 4 is 5.91 Å². The highest BCUT2D eigenvalue weighted by molar-refractivity contribution is 5.81.